The number of likely N-dealkylation sites (N-methyl/N-ethyl adjacent to an activating group) is 1. The molecule has 0 spiro atoms. The molecule has 28 heavy (non-hydrogen) atoms. The molecule has 0 aliphatic heterocycles. The Morgan fingerprint density at radius 3 is 2.32 bits per heavy atom. The molecular formula is C21H28N2O4S. The highest BCUT2D eigenvalue weighted by molar-refractivity contribution is 7.89. The number of benzene rings is 2. The standard InChI is InChI=1S/C21H28N2O4S/c1-6-19(17-9-12-20(27-5)16(3)13-17)22-21(24)14-23(4)28(25,26)18-10-7-15(2)8-11-18/h7-13,19H,6,14H2,1-5H3,(H,22,24)/t19-/m1/s1. The normalized spacial score (nSPS) is 12.6. The lowest BCUT2D eigenvalue weighted by Crippen LogP contribution is -2.39. The minimum absolute atomic E-state index is 0.172. The van der Waals surface area contributed by atoms with E-state index in [4.69, 9.17) is 4.74 Å². The number of nitrogens with zero attached hydrogens (tertiary/aromatic N) is 1. The number of hydrogen-bond donors (Lipinski definition) is 1. The van der Waals surface area contributed by atoms with Crippen molar-refractivity contribution >= 4 is 15.9 Å². The van der Waals surface area contributed by atoms with Gasteiger partial charge in [0, 0.05) is 7.05 Å². The molecule has 0 radical (unpaired) electrons. The molecule has 1 amide bonds. The molecule has 0 fully saturated rings. The maximum atomic E-state index is 12.7. The third-order valence-electron chi connectivity index (χ3n) is 4.66. The summed E-state index contributed by atoms with van der Waals surface area (Å²) in [4.78, 5) is 12.7. The van der Waals surface area contributed by atoms with Gasteiger partial charge in [-0.15, -0.1) is 0 Å². The summed E-state index contributed by atoms with van der Waals surface area (Å²) in [5, 5.41) is 2.93. The predicted octanol–water partition coefficient (Wildman–Crippen LogP) is 3.20. The number of amides is 1. The molecule has 152 valence electrons. The van der Waals surface area contributed by atoms with E-state index in [1.165, 1.54) is 7.05 Å². The number of aryl methyl sites for hydroxylation is 2. The molecule has 0 saturated heterocycles. The van der Waals surface area contributed by atoms with E-state index in [1.807, 2.05) is 39.0 Å². The Kier molecular flexibility index (Phi) is 7.21. The van der Waals surface area contributed by atoms with Gasteiger partial charge in [-0.2, -0.15) is 4.31 Å². The lowest BCUT2D eigenvalue weighted by molar-refractivity contribution is -0.121. The molecule has 7 heteroatoms. The quantitative estimate of drug-likeness (QED) is 0.733. The highest BCUT2D eigenvalue weighted by atomic mass is 32.2. The van der Waals surface area contributed by atoms with Gasteiger partial charge >= 0.3 is 0 Å². The second kappa shape index (κ2) is 9.21. The third kappa shape index (κ3) is 5.11. The first-order valence-corrected chi connectivity index (χ1v) is 10.6. The summed E-state index contributed by atoms with van der Waals surface area (Å²) < 4.78 is 31.6. The summed E-state index contributed by atoms with van der Waals surface area (Å²) in [6.45, 7) is 5.55. The predicted molar refractivity (Wildman–Crippen MR) is 110 cm³/mol. The minimum Gasteiger partial charge on any atom is -0.496 e. The first kappa shape index (κ1) is 21.9. The van der Waals surface area contributed by atoms with Crippen LogP contribution < -0.4 is 10.1 Å². The van der Waals surface area contributed by atoms with E-state index < -0.39 is 10.0 Å². The van der Waals surface area contributed by atoms with Crippen LogP contribution in [-0.4, -0.2) is 39.3 Å². The molecule has 0 unspecified atom stereocenters. The molecule has 1 atom stereocenters. The van der Waals surface area contributed by atoms with Crippen LogP contribution in [0.2, 0.25) is 0 Å². The second-order valence-corrected chi connectivity index (χ2v) is 8.88. The number of hydrogen-bond acceptors (Lipinski definition) is 4. The molecule has 6 nitrogen and oxygen atoms in total. The number of carbonyl (C=O) groups excluding carboxylic acids is 1. The third-order valence-corrected chi connectivity index (χ3v) is 6.48. The lowest BCUT2D eigenvalue weighted by atomic mass is 10.0. The minimum atomic E-state index is -3.72. The van der Waals surface area contributed by atoms with E-state index in [9.17, 15) is 13.2 Å². The Labute approximate surface area is 167 Å². The zero-order chi connectivity index (χ0) is 20.9. The molecular weight excluding hydrogens is 376 g/mol. The van der Waals surface area contributed by atoms with Crippen molar-refractivity contribution in [3.63, 3.8) is 0 Å². The van der Waals surface area contributed by atoms with Gasteiger partial charge in [0.1, 0.15) is 5.75 Å². The van der Waals surface area contributed by atoms with Gasteiger partial charge in [-0.05, 0) is 49.6 Å². The lowest BCUT2D eigenvalue weighted by Gasteiger charge is -2.21. The summed E-state index contributed by atoms with van der Waals surface area (Å²) in [5.41, 5.74) is 2.91. The van der Waals surface area contributed by atoms with E-state index in [2.05, 4.69) is 5.32 Å². The van der Waals surface area contributed by atoms with Gasteiger partial charge in [-0.25, -0.2) is 8.42 Å². The number of nitrogens with one attached hydrogen (secondary N) is 1. The summed E-state index contributed by atoms with van der Waals surface area (Å²) in [6.07, 6.45) is 0.686. The van der Waals surface area contributed by atoms with Crippen molar-refractivity contribution in [3.8, 4) is 5.75 Å². The topological polar surface area (TPSA) is 75.7 Å². The Bertz CT molecular complexity index is 924. The van der Waals surface area contributed by atoms with Gasteiger partial charge in [0.15, 0.2) is 0 Å². The van der Waals surface area contributed by atoms with Crippen LogP contribution in [0.5, 0.6) is 5.75 Å². The zero-order valence-electron chi connectivity index (χ0n) is 17.0. The van der Waals surface area contributed by atoms with Gasteiger partial charge in [-0.3, -0.25) is 4.79 Å². The van der Waals surface area contributed by atoms with E-state index >= 15 is 0 Å². The van der Waals surface area contributed by atoms with Gasteiger partial charge in [0.2, 0.25) is 15.9 Å². The largest absolute Gasteiger partial charge is 0.496 e. The van der Waals surface area contributed by atoms with Crippen molar-refractivity contribution in [3.05, 3.63) is 59.2 Å². The molecule has 2 aromatic carbocycles. The van der Waals surface area contributed by atoms with Crippen molar-refractivity contribution in [1.29, 1.82) is 0 Å². The fourth-order valence-electron chi connectivity index (χ4n) is 2.96. The second-order valence-electron chi connectivity index (χ2n) is 6.83. The molecule has 0 aliphatic carbocycles. The van der Waals surface area contributed by atoms with Crippen molar-refractivity contribution in [2.24, 2.45) is 0 Å². The Morgan fingerprint density at radius 2 is 1.79 bits per heavy atom. The fourth-order valence-corrected chi connectivity index (χ4v) is 4.08. The molecule has 0 heterocycles. The highest BCUT2D eigenvalue weighted by Crippen LogP contribution is 2.24. The van der Waals surface area contributed by atoms with Crippen molar-refractivity contribution in [2.45, 2.75) is 38.1 Å². The number of methoxy groups -OCH3 is 1. The van der Waals surface area contributed by atoms with Crippen LogP contribution in [0, 0.1) is 13.8 Å². The van der Waals surface area contributed by atoms with Crippen molar-refractivity contribution in [2.75, 3.05) is 20.7 Å². The smallest absolute Gasteiger partial charge is 0.243 e. The van der Waals surface area contributed by atoms with Gasteiger partial charge in [0.05, 0.1) is 24.6 Å². The van der Waals surface area contributed by atoms with Crippen LogP contribution in [0.15, 0.2) is 47.4 Å². The average molecular weight is 405 g/mol. The number of rotatable bonds is 8. The number of carbonyl (C=O) groups is 1. The Morgan fingerprint density at radius 1 is 1.14 bits per heavy atom. The van der Waals surface area contributed by atoms with Crippen LogP contribution in [0.25, 0.3) is 0 Å². The number of ether oxygens (including phenoxy) is 1. The molecule has 0 aliphatic rings. The van der Waals surface area contributed by atoms with E-state index in [0.717, 1.165) is 26.7 Å². The monoisotopic (exact) mass is 404 g/mol. The van der Waals surface area contributed by atoms with Gasteiger partial charge in [0.25, 0.3) is 0 Å². The molecule has 1 N–H and O–H groups in total. The fraction of sp³-hybridized carbons (Fsp3) is 0.381. The molecule has 2 rings (SSSR count). The summed E-state index contributed by atoms with van der Waals surface area (Å²) in [6, 6.07) is 12.1. The zero-order valence-corrected chi connectivity index (χ0v) is 17.8. The molecule has 0 aromatic heterocycles. The van der Waals surface area contributed by atoms with Gasteiger partial charge < -0.3 is 10.1 Å². The van der Waals surface area contributed by atoms with Crippen molar-refractivity contribution in [1.82, 2.24) is 9.62 Å². The first-order valence-electron chi connectivity index (χ1n) is 9.16. The van der Waals surface area contributed by atoms with Crippen LogP contribution >= 0.6 is 0 Å². The average Bonchev–Trinajstić information content (AvgIpc) is 2.66. The van der Waals surface area contributed by atoms with Crippen LogP contribution in [0.4, 0.5) is 0 Å². The highest BCUT2D eigenvalue weighted by Gasteiger charge is 2.24. The van der Waals surface area contributed by atoms with E-state index in [1.54, 1.807) is 31.4 Å². The summed E-state index contributed by atoms with van der Waals surface area (Å²) in [5.74, 6) is 0.437. The summed E-state index contributed by atoms with van der Waals surface area (Å²) >= 11 is 0. The summed E-state index contributed by atoms with van der Waals surface area (Å²) in [7, 11) is -0.691. The maximum absolute atomic E-state index is 12.7. The van der Waals surface area contributed by atoms with Crippen LogP contribution in [0.1, 0.15) is 36.1 Å². The Balaban J connectivity index is 2.08. The first-order chi connectivity index (χ1) is 13.2. The number of sulfonamides is 1. The molecule has 0 saturated carbocycles. The van der Waals surface area contributed by atoms with E-state index in [-0.39, 0.29) is 23.4 Å². The molecule has 0 bridgehead atoms. The SMILES string of the molecule is CC[C@@H](NC(=O)CN(C)S(=O)(=O)c1ccc(C)cc1)c1ccc(OC)c(C)c1. The van der Waals surface area contributed by atoms with Crippen LogP contribution in [-0.2, 0) is 14.8 Å². The van der Waals surface area contributed by atoms with Crippen LogP contribution in [0.3, 0.4) is 0 Å². The Hall–Kier alpha value is -2.38. The maximum Gasteiger partial charge on any atom is 0.243 e. The molecule has 2 aromatic rings. The van der Waals surface area contributed by atoms with Crippen molar-refractivity contribution < 1.29 is 17.9 Å². The van der Waals surface area contributed by atoms with Gasteiger partial charge in [-0.1, -0.05) is 36.8 Å². The van der Waals surface area contributed by atoms with E-state index in [0.29, 0.717) is 6.42 Å².